The Labute approximate surface area is 118 Å². The maximum Gasteiger partial charge on any atom is 2.00 e. The van der Waals surface area contributed by atoms with Crippen molar-refractivity contribution < 1.29 is 31.3 Å². The van der Waals surface area contributed by atoms with E-state index in [4.69, 9.17) is 15.9 Å². The first-order valence-corrected chi connectivity index (χ1v) is 4.87. The summed E-state index contributed by atoms with van der Waals surface area (Å²) in [5, 5.41) is 20.5. The molecule has 5 N–H and O–H groups in total. The van der Waals surface area contributed by atoms with Crippen LogP contribution in [0.4, 0.5) is 0 Å². The van der Waals surface area contributed by atoms with E-state index in [1.54, 1.807) is 6.92 Å². The standard InChI is InChI=1S/C9H12N4O2S.Pt/c1-5-8(15)7(3-12-13-9(10)16)6(4-14)2-11-5;/h2-3,14H,4H2,1H3,(H4,10,11,12,13,15,16);/q;+2/p+1. The van der Waals surface area contributed by atoms with Gasteiger partial charge in [-0.3, -0.25) is 10.7 Å². The molecule has 1 heterocycles. The smallest absolute Gasteiger partial charge is 0.592 e. The van der Waals surface area contributed by atoms with Gasteiger partial charge in [0.05, 0.1) is 12.2 Å². The van der Waals surface area contributed by atoms with Crippen molar-refractivity contribution in [3.8, 4) is 5.75 Å². The maximum atomic E-state index is 9.08. The van der Waals surface area contributed by atoms with Crippen molar-refractivity contribution in [1.29, 1.82) is 0 Å². The van der Waals surface area contributed by atoms with E-state index in [9.17, 15) is 0 Å². The van der Waals surface area contributed by atoms with Crippen LogP contribution in [0.1, 0.15) is 16.8 Å². The second-order valence-corrected chi connectivity index (χ2v) is 3.48. The van der Waals surface area contributed by atoms with Crippen molar-refractivity contribution in [3.05, 3.63) is 28.4 Å². The van der Waals surface area contributed by atoms with E-state index in [2.05, 4.69) is 27.7 Å². The molecule has 0 radical (unpaired) electrons. The zero-order valence-corrected chi connectivity index (χ0v) is 12.2. The number of nitrogens with two attached hydrogens (primary N) is 1. The number of pyridine rings is 1. The minimum atomic E-state index is -0.208. The van der Waals surface area contributed by atoms with Crippen LogP contribution in [0.2, 0.25) is 0 Å². The summed E-state index contributed by atoms with van der Waals surface area (Å²) in [7, 11) is 0. The van der Waals surface area contributed by atoms with E-state index < -0.39 is 0 Å². The molecule has 0 amide bonds. The van der Waals surface area contributed by atoms with Crippen LogP contribution < -0.4 is 5.73 Å². The molecular weight excluding hydrogens is 423 g/mol. The first-order chi connectivity index (χ1) is 7.56. The topological polar surface area (TPSA) is 108 Å². The van der Waals surface area contributed by atoms with Gasteiger partial charge in [0.1, 0.15) is 5.69 Å². The minimum Gasteiger partial charge on any atom is -0.592 e. The summed E-state index contributed by atoms with van der Waals surface area (Å²) >= 11 is 3.74. The first kappa shape index (κ1) is 16.1. The summed E-state index contributed by atoms with van der Waals surface area (Å²) in [4.78, 5) is 3.97. The fourth-order valence-corrected chi connectivity index (χ4v) is 1.14. The molecule has 0 aromatic carbocycles. The summed E-state index contributed by atoms with van der Waals surface area (Å²) < 4.78 is 0. The third kappa shape index (κ3) is 4.47. The monoisotopic (exact) mass is 436 g/mol. The van der Waals surface area contributed by atoms with Crippen molar-refractivity contribution in [1.82, 2.24) is 4.98 Å². The molecule has 0 spiro atoms. The van der Waals surface area contributed by atoms with Gasteiger partial charge >= 0.3 is 21.1 Å². The average Bonchev–Trinajstić information content (AvgIpc) is 2.24. The molecule has 0 saturated carbocycles. The molecule has 0 aliphatic carbocycles. The molecule has 1 aromatic rings. The SMILES string of the molecule is Cc1ncc(CO)c(C=N[N-]C(N)=[SH+])c1[OH2+].[Pt+2]. The Morgan fingerprint density at radius 1 is 1.76 bits per heavy atom. The Morgan fingerprint density at radius 2 is 2.41 bits per heavy atom. The molecular formula is C9H13N4O2PtS+3. The van der Waals surface area contributed by atoms with Crippen LogP contribution in [0, 0.1) is 6.92 Å². The number of aryl methyl sites for hydroxylation is 1. The van der Waals surface area contributed by atoms with Crippen molar-refractivity contribution in [2.75, 3.05) is 0 Å². The molecule has 0 fully saturated rings. The van der Waals surface area contributed by atoms with Crippen LogP contribution in [-0.2, 0) is 39.9 Å². The molecule has 0 aliphatic heterocycles. The molecule has 6 nitrogen and oxygen atoms in total. The van der Waals surface area contributed by atoms with E-state index in [1.165, 1.54) is 12.4 Å². The van der Waals surface area contributed by atoms with Gasteiger partial charge in [-0.1, -0.05) is 0 Å². The van der Waals surface area contributed by atoms with Gasteiger partial charge in [-0.15, -0.1) is 0 Å². The van der Waals surface area contributed by atoms with Crippen LogP contribution >= 0.6 is 0 Å². The van der Waals surface area contributed by atoms with Gasteiger partial charge in [-0.05, 0) is 6.92 Å². The van der Waals surface area contributed by atoms with E-state index in [0.29, 0.717) is 16.8 Å². The van der Waals surface area contributed by atoms with Crippen LogP contribution in [0.3, 0.4) is 0 Å². The average molecular weight is 436 g/mol. The second-order valence-electron chi connectivity index (χ2n) is 3.02. The molecule has 17 heavy (non-hydrogen) atoms. The number of hydrogen-bond donors (Lipinski definition) is 2. The number of aromatic nitrogens is 1. The van der Waals surface area contributed by atoms with E-state index >= 15 is 0 Å². The second kappa shape index (κ2) is 7.45. The van der Waals surface area contributed by atoms with Crippen molar-refractivity contribution >= 4 is 23.5 Å². The molecule has 0 bridgehead atoms. The number of rotatable bonds is 3. The predicted octanol–water partition coefficient (Wildman–Crippen LogP) is -0.649. The fourth-order valence-electron chi connectivity index (χ4n) is 1.08. The number of hydrogen-bond acceptors (Lipinski definition) is 3. The third-order valence-electron chi connectivity index (χ3n) is 1.91. The van der Waals surface area contributed by atoms with Crippen molar-refractivity contribution in [3.63, 3.8) is 0 Å². The van der Waals surface area contributed by atoms with Crippen molar-refractivity contribution in [2.45, 2.75) is 13.5 Å². The van der Waals surface area contributed by atoms with Gasteiger partial charge in [0.25, 0.3) is 5.75 Å². The fraction of sp³-hybridized carbons (Fsp3) is 0.222. The van der Waals surface area contributed by atoms with Gasteiger partial charge in [0.2, 0.25) is 0 Å². The molecule has 8 heteroatoms. The molecule has 0 unspecified atom stereocenters. The number of nitrogens with zero attached hydrogens (tertiary/aromatic N) is 3. The molecule has 0 saturated heterocycles. The molecule has 94 valence electrons. The van der Waals surface area contributed by atoms with Gasteiger partial charge in [-0.2, -0.15) is 0 Å². The largest absolute Gasteiger partial charge is 2.00 e. The van der Waals surface area contributed by atoms with Crippen LogP contribution in [0.5, 0.6) is 5.75 Å². The van der Waals surface area contributed by atoms with Crippen molar-refractivity contribution in [2.24, 2.45) is 10.8 Å². The number of thiol groups is 1. The van der Waals surface area contributed by atoms with E-state index in [-0.39, 0.29) is 38.5 Å². The van der Waals surface area contributed by atoms with Crippen LogP contribution in [0.15, 0.2) is 11.3 Å². The maximum absolute atomic E-state index is 9.08. The Kier molecular flexibility index (Phi) is 7.06. The summed E-state index contributed by atoms with van der Waals surface area (Å²) in [5.41, 5.74) is 10.3. The Balaban J connectivity index is 0.00000256. The Bertz CT molecular complexity index is 439. The van der Waals surface area contributed by atoms with Crippen LogP contribution in [0.25, 0.3) is 5.43 Å². The Hall–Kier alpha value is -0.882. The molecule has 0 atom stereocenters. The quantitative estimate of drug-likeness (QED) is 0.216. The van der Waals surface area contributed by atoms with E-state index in [1.807, 2.05) is 0 Å². The first-order valence-electron chi connectivity index (χ1n) is 4.42. The number of aliphatic hydroxyl groups excluding tert-OH is 1. The summed E-state index contributed by atoms with van der Waals surface area (Å²) in [6, 6.07) is 0. The summed E-state index contributed by atoms with van der Waals surface area (Å²) in [5.74, 6) is 0.211. The minimum absolute atomic E-state index is 0. The number of aliphatic hydroxyl groups is 1. The molecule has 1 rings (SSSR count). The van der Waals surface area contributed by atoms with Gasteiger partial charge in [-0.25, -0.2) is 0 Å². The third-order valence-corrected chi connectivity index (χ3v) is 2.00. The summed E-state index contributed by atoms with van der Waals surface area (Å²) in [6.45, 7) is 1.50. The van der Waals surface area contributed by atoms with E-state index in [0.717, 1.165) is 0 Å². The summed E-state index contributed by atoms with van der Waals surface area (Å²) in [6.07, 6.45) is 2.86. The normalized spacial score (nSPS) is 10.1. The molecule has 1 aromatic heterocycles. The van der Waals surface area contributed by atoms with Gasteiger partial charge in [0, 0.05) is 18.0 Å². The predicted molar refractivity (Wildman–Crippen MR) is 66.9 cm³/mol. The zero-order chi connectivity index (χ0) is 12.1. The molecule has 0 aliphatic rings. The van der Waals surface area contributed by atoms with Gasteiger partial charge < -0.3 is 20.7 Å². The van der Waals surface area contributed by atoms with Gasteiger partial charge in [0.15, 0.2) is 17.3 Å². The Morgan fingerprint density at radius 3 is 2.94 bits per heavy atom. The van der Waals surface area contributed by atoms with Crippen LogP contribution in [-0.4, -0.2) is 26.5 Å². The zero-order valence-electron chi connectivity index (χ0n) is 8.99.